The summed E-state index contributed by atoms with van der Waals surface area (Å²) in [5, 5.41) is 20.0. The van der Waals surface area contributed by atoms with E-state index in [1.807, 2.05) is 6.26 Å². The number of piperazine rings is 1. The number of thioether (sulfide) groups is 1. The van der Waals surface area contributed by atoms with Crippen molar-refractivity contribution in [1.29, 1.82) is 0 Å². The first-order valence-corrected chi connectivity index (χ1v) is 14.9. The number of rotatable bonds is 11. The van der Waals surface area contributed by atoms with Crippen molar-refractivity contribution >= 4 is 52.5 Å². The molecule has 2 aromatic rings. The standard InChI is InChI=1S/C28H34N4O9S/c1-3-40-27(39)32-13-11-31(12-14-32)25(36)17(6-8-20(33)34)21-22(24(29)35)30-19-7-5-16(42-2)15-18(19)23(21)41-28(26(37)38)9-4-10-28/h5,7,15,17H,3-4,6,8-14H2,1-2H3,(H2,29,35)(H,33,34)(H,37,38). The van der Waals surface area contributed by atoms with E-state index < -0.39 is 47.8 Å². The van der Waals surface area contributed by atoms with Crippen LogP contribution in [0.3, 0.4) is 0 Å². The van der Waals surface area contributed by atoms with E-state index in [0.29, 0.717) is 17.3 Å². The molecule has 3 amide bonds. The zero-order valence-electron chi connectivity index (χ0n) is 23.5. The van der Waals surface area contributed by atoms with Gasteiger partial charge < -0.3 is 35.2 Å². The molecule has 42 heavy (non-hydrogen) atoms. The van der Waals surface area contributed by atoms with Crippen LogP contribution in [0.1, 0.15) is 61.0 Å². The number of carbonyl (C=O) groups is 5. The van der Waals surface area contributed by atoms with Crippen LogP contribution < -0.4 is 10.5 Å². The molecule has 1 aliphatic heterocycles. The van der Waals surface area contributed by atoms with Gasteiger partial charge in [-0.1, -0.05) is 0 Å². The fourth-order valence-corrected chi connectivity index (χ4v) is 5.67. The first-order valence-electron chi connectivity index (χ1n) is 13.7. The van der Waals surface area contributed by atoms with Gasteiger partial charge in [-0.2, -0.15) is 0 Å². The summed E-state index contributed by atoms with van der Waals surface area (Å²) in [5.41, 5.74) is 4.19. The maximum absolute atomic E-state index is 14.1. The minimum atomic E-state index is -1.58. The molecule has 1 saturated heterocycles. The number of ether oxygens (including phenoxy) is 2. The number of aliphatic carboxylic acids is 2. The lowest BCUT2D eigenvalue weighted by Crippen LogP contribution is -2.52. The summed E-state index contributed by atoms with van der Waals surface area (Å²) in [5.74, 6) is -5.08. The van der Waals surface area contributed by atoms with Crippen molar-refractivity contribution in [3.05, 3.63) is 29.5 Å². The third-order valence-corrected chi connectivity index (χ3v) is 8.40. The lowest BCUT2D eigenvalue weighted by atomic mass is 9.79. The summed E-state index contributed by atoms with van der Waals surface area (Å²) >= 11 is 1.42. The van der Waals surface area contributed by atoms with E-state index in [1.54, 1.807) is 25.1 Å². The number of primary amides is 1. The SMILES string of the molecule is CCOC(=O)N1CCN(C(=O)C(CCC(=O)O)c2c(C(N)=O)nc3ccc(SC)cc3c2OC2(C(=O)O)CCC2)CC1. The molecule has 4 rings (SSSR count). The summed E-state index contributed by atoms with van der Waals surface area (Å²) in [6, 6.07) is 5.17. The van der Waals surface area contributed by atoms with Gasteiger partial charge in [-0.25, -0.2) is 14.6 Å². The van der Waals surface area contributed by atoms with Gasteiger partial charge in [0.25, 0.3) is 5.91 Å². The van der Waals surface area contributed by atoms with E-state index in [0.717, 1.165) is 4.90 Å². The summed E-state index contributed by atoms with van der Waals surface area (Å²) in [6.45, 7) is 2.56. The Morgan fingerprint density at radius 3 is 2.29 bits per heavy atom. The Morgan fingerprint density at radius 1 is 1.10 bits per heavy atom. The van der Waals surface area contributed by atoms with Crippen molar-refractivity contribution in [1.82, 2.24) is 14.8 Å². The van der Waals surface area contributed by atoms with Crippen LogP contribution in [0.15, 0.2) is 23.1 Å². The van der Waals surface area contributed by atoms with Crippen molar-refractivity contribution in [2.75, 3.05) is 39.0 Å². The number of hydrogen-bond acceptors (Lipinski definition) is 9. The zero-order valence-corrected chi connectivity index (χ0v) is 24.3. The molecule has 1 atom stereocenters. The van der Waals surface area contributed by atoms with Gasteiger partial charge in [0.15, 0.2) is 0 Å². The summed E-state index contributed by atoms with van der Waals surface area (Å²) < 4.78 is 11.3. The van der Waals surface area contributed by atoms with Crippen LogP contribution in [0.2, 0.25) is 0 Å². The fourth-order valence-electron chi connectivity index (χ4n) is 5.23. The number of hydrogen-bond donors (Lipinski definition) is 3. The molecule has 0 bridgehead atoms. The molecular formula is C28H34N4O9S. The summed E-state index contributed by atoms with van der Waals surface area (Å²) in [6.07, 6.45) is 1.74. The highest BCUT2D eigenvalue weighted by Crippen LogP contribution is 2.45. The number of amides is 3. The van der Waals surface area contributed by atoms with E-state index in [2.05, 4.69) is 4.98 Å². The number of aromatic nitrogens is 1. The Hall–Kier alpha value is -4.07. The van der Waals surface area contributed by atoms with Gasteiger partial charge >= 0.3 is 18.0 Å². The molecular weight excluding hydrogens is 568 g/mol. The minimum Gasteiger partial charge on any atom is -0.481 e. The molecule has 1 aromatic heterocycles. The number of benzene rings is 1. The number of carboxylic acid groups (broad SMARTS) is 2. The smallest absolute Gasteiger partial charge is 0.409 e. The van der Waals surface area contributed by atoms with E-state index in [9.17, 15) is 34.2 Å². The lowest BCUT2D eigenvalue weighted by Gasteiger charge is -2.40. The molecule has 2 fully saturated rings. The summed E-state index contributed by atoms with van der Waals surface area (Å²) in [7, 11) is 0. The van der Waals surface area contributed by atoms with Crippen LogP contribution in [0.25, 0.3) is 10.9 Å². The largest absolute Gasteiger partial charge is 0.481 e. The van der Waals surface area contributed by atoms with Gasteiger partial charge in [-0.05, 0) is 57.1 Å². The predicted molar refractivity (Wildman–Crippen MR) is 152 cm³/mol. The third-order valence-electron chi connectivity index (χ3n) is 7.67. The number of nitrogens with zero attached hydrogens (tertiary/aromatic N) is 3. The van der Waals surface area contributed by atoms with Crippen molar-refractivity contribution in [3.8, 4) is 5.75 Å². The molecule has 0 radical (unpaired) electrons. The summed E-state index contributed by atoms with van der Waals surface area (Å²) in [4.78, 5) is 71.4. The molecule has 14 heteroatoms. The molecule has 1 aliphatic carbocycles. The highest BCUT2D eigenvalue weighted by molar-refractivity contribution is 7.98. The van der Waals surface area contributed by atoms with Crippen LogP contribution in [0.5, 0.6) is 5.75 Å². The van der Waals surface area contributed by atoms with Crippen molar-refractivity contribution < 1.29 is 43.7 Å². The molecule has 13 nitrogen and oxygen atoms in total. The zero-order chi connectivity index (χ0) is 30.6. The number of pyridine rings is 1. The quantitative estimate of drug-likeness (QED) is 0.321. The Balaban J connectivity index is 1.87. The van der Waals surface area contributed by atoms with Crippen LogP contribution in [-0.2, 0) is 19.1 Å². The maximum Gasteiger partial charge on any atom is 0.409 e. The first kappa shape index (κ1) is 30.9. The molecule has 1 aromatic carbocycles. The monoisotopic (exact) mass is 602 g/mol. The van der Waals surface area contributed by atoms with Gasteiger partial charge in [0.05, 0.1) is 18.0 Å². The van der Waals surface area contributed by atoms with Crippen molar-refractivity contribution in [3.63, 3.8) is 0 Å². The minimum absolute atomic E-state index is 0.0132. The third kappa shape index (κ3) is 6.22. The molecule has 4 N–H and O–H groups in total. The Kier molecular flexibility index (Phi) is 9.44. The molecule has 0 spiro atoms. The van der Waals surface area contributed by atoms with Gasteiger partial charge in [-0.3, -0.25) is 14.4 Å². The van der Waals surface area contributed by atoms with Crippen molar-refractivity contribution in [2.45, 2.75) is 55.4 Å². The topological polar surface area (TPSA) is 190 Å². The molecule has 2 aliphatic rings. The van der Waals surface area contributed by atoms with Gasteiger partial charge in [0.2, 0.25) is 11.5 Å². The average Bonchev–Trinajstić information content (AvgIpc) is 2.94. The fraction of sp³-hybridized carbons (Fsp3) is 0.500. The van der Waals surface area contributed by atoms with E-state index >= 15 is 0 Å². The highest BCUT2D eigenvalue weighted by Gasteiger charge is 2.49. The van der Waals surface area contributed by atoms with Gasteiger partial charge in [0, 0.05) is 48.4 Å². The number of carboxylic acids is 2. The average molecular weight is 603 g/mol. The Labute approximate surface area is 246 Å². The predicted octanol–water partition coefficient (Wildman–Crippen LogP) is 2.69. The second-order valence-corrected chi connectivity index (χ2v) is 11.1. The maximum atomic E-state index is 14.1. The molecule has 2 heterocycles. The van der Waals surface area contributed by atoms with Gasteiger partial charge in [-0.15, -0.1) is 11.8 Å². The van der Waals surface area contributed by atoms with Crippen LogP contribution in [0.4, 0.5) is 4.79 Å². The van der Waals surface area contributed by atoms with Crippen molar-refractivity contribution in [2.24, 2.45) is 5.73 Å². The van der Waals surface area contributed by atoms with E-state index in [4.69, 9.17) is 15.2 Å². The number of fused-ring (bicyclic) bond motifs is 1. The molecule has 226 valence electrons. The van der Waals surface area contributed by atoms with Crippen LogP contribution in [-0.4, -0.2) is 99.5 Å². The highest BCUT2D eigenvalue weighted by atomic mass is 32.2. The first-order chi connectivity index (χ1) is 20.0. The van der Waals surface area contributed by atoms with Crippen LogP contribution >= 0.6 is 11.8 Å². The molecule has 1 saturated carbocycles. The van der Waals surface area contributed by atoms with E-state index in [1.165, 1.54) is 21.6 Å². The number of carbonyl (C=O) groups excluding carboxylic acids is 3. The normalized spacial score (nSPS) is 16.8. The second kappa shape index (κ2) is 12.8. The Bertz CT molecular complexity index is 1400. The van der Waals surface area contributed by atoms with Gasteiger partial charge in [0.1, 0.15) is 11.4 Å². The van der Waals surface area contributed by atoms with E-state index in [-0.39, 0.29) is 69.1 Å². The van der Waals surface area contributed by atoms with Crippen LogP contribution in [0, 0.1) is 0 Å². The Morgan fingerprint density at radius 2 is 1.76 bits per heavy atom. The second-order valence-electron chi connectivity index (χ2n) is 10.2. The number of nitrogens with two attached hydrogens (primary N) is 1. The molecule has 1 unspecified atom stereocenters. The lowest BCUT2D eigenvalue weighted by molar-refractivity contribution is -0.163.